The summed E-state index contributed by atoms with van der Waals surface area (Å²) in [5, 5.41) is 4.12. The molecule has 0 amide bonds. The SMILES string of the molecule is BrC1(Br)CCC(Br)(Br)c2snnc21. The normalized spacial score (nSPS) is 24.0. The van der Waals surface area contributed by atoms with Crippen molar-refractivity contribution < 1.29 is 0 Å². The van der Waals surface area contributed by atoms with E-state index in [0.717, 1.165) is 23.4 Å². The maximum Gasteiger partial charge on any atom is 0.125 e. The average Bonchev–Trinajstić information content (AvgIpc) is 2.48. The number of hydrogen-bond acceptors (Lipinski definition) is 3. The fourth-order valence-electron chi connectivity index (χ4n) is 1.22. The summed E-state index contributed by atoms with van der Waals surface area (Å²) in [7, 11) is 0. The second kappa shape index (κ2) is 3.50. The molecule has 13 heavy (non-hydrogen) atoms. The van der Waals surface area contributed by atoms with E-state index in [-0.39, 0.29) is 6.47 Å². The number of rotatable bonds is 0. The Morgan fingerprint density at radius 1 is 1.08 bits per heavy atom. The first kappa shape index (κ1) is 11.0. The van der Waals surface area contributed by atoms with E-state index < -0.39 is 0 Å². The first-order valence-corrected chi connectivity index (χ1v) is 7.47. The molecular formula is C6H4Br4N2S. The highest BCUT2D eigenvalue weighted by Crippen LogP contribution is 2.57. The molecule has 0 bridgehead atoms. The van der Waals surface area contributed by atoms with Gasteiger partial charge in [0, 0.05) is 0 Å². The molecule has 2 rings (SSSR count). The summed E-state index contributed by atoms with van der Waals surface area (Å²) in [6.07, 6.45) is 1.95. The fourth-order valence-corrected chi connectivity index (χ4v) is 4.38. The van der Waals surface area contributed by atoms with Crippen LogP contribution in [0.3, 0.4) is 0 Å². The molecule has 7 heteroatoms. The van der Waals surface area contributed by atoms with Gasteiger partial charge >= 0.3 is 0 Å². The molecule has 0 radical (unpaired) electrons. The van der Waals surface area contributed by atoms with Gasteiger partial charge in [-0.2, -0.15) is 0 Å². The number of fused-ring (bicyclic) bond motifs is 1. The minimum absolute atomic E-state index is 0.144. The summed E-state index contributed by atoms with van der Waals surface area (Å²) in [4.78, 5) is 1.13. The van der Waals surface area contributed by atoms with E-state index in [9.17, 15) is 0 Å². The van der Waals surface area contributed by atoms with Gasteiger partial charge in [0.1, 0.15) is 12.2 Å². The van der Waals surface area contributed by atoms with Gasteiger partial charge in [-0.3, -0.25) is 0 Å². The molecule has 72 valence electrons. The van der Waals surface area contributed by atoms with E-state index >= 15 is 0 Å². The quantitative estimate of drug-likeness (QED) is 0.548. The monoisotopic (exact) mass is 452 g/mol. The van der Waals surface area contributed by atoms with Crippen LogP contribution < -0.4 is 0 Å². The largest absolute Gasteiger partial charge is 0.140 e. The Morgan fingerprint density at radius 2 is 1.69 bits per heavy atom. The summed E-state index contributed by atoms with van der Waals surface area (Å²) in [6, 6.07) is 0. The zero-order valence-electron chi connectivity index (χ0n) is 6.23. The third-order valence-electron chi connectivity index (χ3n) is 1.92. The van der Waals surface area contributed by atoms with Gasteiger partial charge in [0.15, 0.2) is 0 Å². The van der Waals surface area contributed by atoms with Crippen molar-refractivity contribution in [1.29, 1.82) is 0 Å². The Balaban J connectivity index is 2.56. The lowest BCUT2D eigenvalue weighted by atomic mass is 10.0. The van der Waals surface area contributed by atoms with E-state index in [0.29, 0.717) is 0 Å². The molecular weight excluding hydrogens is 452 g/mol. The Labute approximate surface area is 114 Å². The smallest absolute Gasteiger partial charge is 0.125 e. The van der Waals surface area contributed by atoms with Gasteiger partial charge in [-0.05, 0) is 24.4 Å². The lowest BCUT2D eigenvalue weighted by Gasteiger charge is -2.31. The topological polar surface area (TPSA) is 25.8 Å². The molecule has 0 spiro atoms. The van der Waals surface area contributed by atoms with Gasteiger partial charge in [-0.1, -0.05) is 68.2 Å². The predicted molar refractivity (Wildman–Crippen MR) is 68.2 cm³/mol. The van der Waals surface area contributed by atoms with Crippen LogP contribution in [0.1, 0.15) is 23.4 Å². The zero-order valence-corrected chi connectivity index (χ0v) is 13.4. The van der Waals surface area contributed by atoms with Gasteiger partial charge in [-0.25, -0.2) is 0 Å². The fraction of sp³-hybridized carbons (Fsp3) is 0.667. The molecule has 0 saturated carbocycles. The molecule has 2 nitrogen and oxygen atoms in total. The van der Waals surface area contributed by atoms with Crippen LogP contribution in [0.2, 0.25) is 0 Å². The van der Waals surface area contributed by atoms with Gasteiger partial charge in [0.2, 0.25) is 0 Å². The minimum Gasteiger partial charge on any atom is -0.140 e. The summed E-state index contributed by atoms with van der Waals surface area (Å²) in [5.41, 5.74) is 0.970. The summed E-state index contributed by atoms with van der Waals surface area (Å²) < 4.78 is 3.62. The van der Waals surface area contributed by atoms with E-state index in [4.69, 9.17) is 0 Å². The zero-order chi connectivity index (χ0) is 9.69. The molecule has 0 N–H and O–H groups in total. The molecule has 1 aliphatic rings. The van der Waals surface area contributed by atoms with E-state index in [1.165, 1.54) is 11.5 Å². The third kappa shape index (κ3) is 1.91. The number of aromatic nitrogens is 2. The summed E-state index contributed by atoms with van der Waals surface area (Å²) in [6.45, 7) is 0. The van der Waals surface area contributed by atoms with Crippen LogP contribution in [-0.2, 0) is 6.47 Å². The van der Waals surface area contributed by atoms with Crippen LogP contribution >= 0.6 is 75.3 Å². The average molecular weight is 456 g/mol. The highest BCUT2D eigenvalue weighted by atomic mass is 79.9. The summed E-state index contributed by atoms with van der Waals surface area (Å²) in [5.74, 6) is 0. The van der Waals surface area contributed by atoms with Crippen LogP contribution in [0.5, 0.6) is 0 Å². The molecule has 0 saturated heterocycles. The summed E-state index contributed by atoms with van der Waals surface area (Å²) >= 11 is 15.9. The maximum atomic E-state index is 4.12. The van der Waals surface area contributed by atoms with Crippen LogP contribution in [0.25, 0.3) is 0 Å². The van der Waals surface area contributed by atoms with Crippen molar-refractivity contribution >= 4 is 75.3 Å². The second-order valence-electron chi connectivity index (χ2n) is 2.86. The van der Waals surface area contributed by atoms with Crippen molar-refractivity contribution in [2.45, 2.75) is 19.3 Å². The van der Waals surface area contributed by atoms with Gasteiger partial charge < -0.3 is 0 Å². The van der Waals surface area contributed by atoms with Gasteiger partial charge in [-0.15, -0.1) is 5.10 Å². The molecule has 0 atom stereocenters. The molecule has 0 aromatic carbocycles. The Hall–Kier alpha value is 1.48. The number of hydrogen-bond donors (Lipinski definition) is 0. The first-order chi connectivity index (χ1) is 5.93. The van der Waals surface area contributed by atoms with Crippen LogP contribution in [0, 0.1) is 0 Å². The molecule has 0 aliphatic heterocycles. The molecule has 0 fully saturated rings. The number of nitrogens with zero attached hydrogens (tertiary/aromatic N) is 2. The van der Waals surface area contributed by atoms with Gasteiger partial charge in [0.25, 0.3) is 0 Å². The molecule has 1 aromatic heterocycles. The predicted octanol–water partition coefficient (Wildman–Crippen LogP) is 4.22. The van der Waals surface area contributed by atoms with Crippen molar-refractivity contribution in [3.8, 4) is 0 Å². The van der Waals surface area contributed by atoms with Gasteiger partial charge in [0.05, 0.1) is 4.88 Å². The molecule has 0 unspecified atom stereocenters. The van der Waals surface area contributed by atoms with Crippen molar-refractivity contribution in [1.82, 2.24) is 9.59 Å². The lowest BCUT2D eigenvalue weighted by Crippen LogP contribution is -2.25. The molecule has 1 heterocycles. The van der Waals surface area contributed by atoms with E-state index in [2.05, 4.69) is 73.3 Å². The minimum atomic E-state index is -0.201. The van der Waals surface area contributed by atoms with Crippen molar-refractivity contribution in [2.24, 2.45) is 0 Å². The maximum absolute atomic E-state index is 4.12. The van der Waals surface area contributed by atoms with Crippen molar-refractivity contribution in [2.75, 3.05) is 0 Å². The Morgan fingerprint density at radius 3 is 2.31 bits per heavy atom. The lowest BCUT2D eigenvalue weighted by molar-refractivity contribution is 0.624. The highest BCUT2D eigenvalue weighted by molar-refractivity contribution is 9.25. The highest BCUT2D eigenvalue weighted by Gasteiger charge is 2.45. The van der Waals surface area contributed by atoms with Crippen molar-refractivity contribution in [3.05, 3.63) is 10.6 Å². The first-order valence-electron chi connectivity index (χ1n) is 3.52. The molecule has 1 aromatic rings. The second-order valence-corrected chi connectivity index (χ2v) is 11.2. The van der Waals surface area contributed by atoms with Crippen molar-refractivity contribution in [3.63, 3.8) is 0 Å². The van der Waals surface area contributed by atoms with E-state index in [1.54, 1.807) is 0 Å². The van der Waals surface area contributed by atoms with Crippen LogP contribution in [0.15, 0.2) is 0 Å². The molecule has 1 aliphatic carbocycles. The standard InChI is InChI=1S/C6H4Br4N2S/c7-5(8)1-2-6(9,10)4-3(5)11-12-13-4/h1-2H2. The number of halogens is 4. The Kier molecular flexibility index (Phi) is 2.96. The number of alkyl halides is 4. The third-order valence-corrected chi connectivity index (χ3v) is 6.46. The van der Waals surface area contributed by atoms with Crippen LogP contribution in [0.4, 0.5) is 0 Å². The van der Waals surface area contributed by atoms with Crippen LogP contribution in [-0.4, -0.2) is 9.59 Å². The Bertz CT molecular complexity index is 305. The van der Waals surface area contributed by atoms with E-state index in [1.807, 2.05) is 0 Å².